The molecule has 0 saturated carbocycles. The first-order chi connectivity index (χ1) is 10.9. The summed E-state index contributed by atoms with van der Waals surface area (Å²) in [6.07, 6.45) is 2.50. The minimum absolute atomic E-state index is 0.300. The Morgan fingerprint density at radius 2 is 1.87 bits per heavy atom. The van der Waals surface area contributed by atoms with Crippen molar-refractivity contribution in [3.63, 3.8) is 0 Å². The number of nitrogens with zero attached hydrogens (tertiary/aromatic N) is 2. The number of aryl methyl sites for hydroxylation is 2. The smallest absolute Gasteiger partial charge is 0.124 e. The van der Waals surface area contributed by atoms with Gasteiger partial charge in [-0.2, -0.15) is 0 Å². The van der Waals surface area contributed by atoms with E-state index in [0.29, 0.717) is 11.4 Å². The molecule has 122 valence electrons. The van der Waals surface area contributed by atoms with Crippen molar-refractivity contribution < 1.29 is 4.39 Å². The highest BCUT2D eigenvalue weighted by Crippen LogP contribution is 2.26. The fraction of sp³-hybridized carbons (Fsp3) is 0.316. The van der Waals surface area contributed by atoms with Gasteiger partial charge in [0.05, 0.1) is 12.0 Å². The molecule has 0 N–H and O–H groups in total. The lowest BCUT2D eigenvalue weighted by Gasteiger charge is -2.12. The van der Waals surface area contributed by atoms with E-state index in [0.717, 1.165) is 34.5 Å². The molecule has 2 rings (SSSR count). The Labute approximate surface area is 142 Å². The minimum atomic E-state index is -0.300. The molecule has 2 nitrogen and oxygen atoms in total. The van der Waals surface area contributed by atoms with E-state index in [-0.39, 0.29) is 5.82 Å². The molecule has 23 heavy (non-hydrogen) atoms. The number of hydrogen-bond donors (Lipinski definition) is 0. The zero-order valence-electron chi connectivity index (χ0n) is 14.0. The molecule has 0 saturated heterocycles. The third-order valence-corrected chi connectivity index (χ3v) is 4.08. The van der Waals surface area contributed by atoms with Crippen LogP contribution in [0.15, 0.2) is 35.3 Å². The van der Waals surface area contributed by atoms with Crippen molar-refractivity contribution in [2.45, 2.75) is 27.2 Å². The Bertz CT molecular complexity index is 705. The summed E-state index contributed by atoms with van der Waals surface area (Å²) >= 11 is 5.93. The summed E-state index contributed by atoms with van der Waals surface area (Å²) in [6.45, 7) is 7.09. The summed E-state index contributed by atoms with van der Waals surface area (Å²) in [7, 11) is 1.99. The molecular weight excluding hydrogens is 311 g/mol. The Kier molecular flexibility index (Phi) is 5.78. The fourth-order valence-corrected chi connectivity index (χ4v) is 2.61. The second-order valence-corrected chi connectivity index (χ2v) is 6.27. The molecular formula is C19H22ClFN2. The molecule has 0 amide bonds. The van der Waals surface area contributed by atoms with E-state index in [1.807, 2.05) is 31.3 Å². The molecule has 0 radical (unpaired) electrons. The lowest BCUT2D eigenvalue weighted by Crippen LogP contribution is -2.14. The van der Waals surface area contributed by atoms with Crippen LogP contribution < -0.4 is 0 Å². The summed E-state index contributed by atoms with van der Waals surface area (Å²) in [4.78, 5) is 6.56. The molecule has 0 spiro atoms. The monoisotopic (exact) mass is 332 g/mol. The van der Waals surface area contributed by atoms with Gasteiger partial charge in [0.25, 0.3) is 0 Å². The van der Waals surface area contributed by atoms with E-state index in [4.69, 9.17) is 11.6 Å². The average molecular weight is 333 g/mol. The van der Waals surface area contributed by atoms with Gasteiger partial charge in [-0.25, -0.2) is 9.38 Å². The molecule has 2 aromatic carbocycles. The van der Waals surface area contributed by atoms with Gasteiger partial charge in [-0.1, -0.05) is 17.7 Å². The first-order valence-electron chi connectivity index (χ1n) is 7.68. The van der Waals surface area contributed by atoms with Crippen LogP contribution >= 0.6 is 11.6 Å². The predicted octanol–water partition coefficient (Wildman–Crippen LogP) is 5.30. The normalized spacial score (nSPS) is 11.2. The van der Waals surface area contributed by atoms with Gasteiger partial charge in [0, 0.05) is 18.6 Å². The predicted molar refractivity (Wildman–Crippen MR) is 96.6 cm³/mol. The first kappa shape index (κ1) is 17.5. The molecule has 0 aromatic heterocycles. The van der Waals surface area contributed by atoms with Crippen molar-refractivity contribution in [3.05, 3.63) is 63.4 Å². The summed E-state index contributed by atoms with van der Waals surface area (Å²) in [5.41, 5.74) is 5.24. The lowest BCUT2D eigenvalue weighted by molar-refractivity contribution is 0.552. The quantitative estimate of drug-likeness (QED) is 0.536. The molecule has 0 unspecified atom stereocenters. The molecule has 0 fully saturated rings. The summed E-state index contributed by atoms with van der Waals surface area (Å²) in [5.74, 6) is -0.300. The number of benzene rings is 2. The summed E-state index contributed by atoms with van der Waals surface area (Å²) in [5, 5.41) is 0.429. The van der Waals surface area contributed by atoms with Crippen LogP contribution in [0.4, 0.5) is 10.1 Å². The van der Waals surface area contributed by atoms with E-state index in [1.54, 1.807) is 0 Å². The largest absolute Gasteiger partial charge is 0.366 e. The van der Waals surface area contributed by atoms with Crippen LogP contribution in [0.1, 0.15) is 29.2 Å². The topological polar surface area (TPSA) is 15.6 Å². The summed E-state index contributed by atoms with van der Waals surface area (Å²) in [6, 6.07) is 8.86. The van der Waals surface area contributed by atoms with Gasteiger partial charge >= 0.3 is 0 Å². The highest BCUT2D eigenvalue weighted by Gasteiger charge is 2.07. The van der Waals surface area contributed by atoms with Crippen molar-refractivity contribution in [3.8, 4) is 0 Å². The van der Waals surface area contributed by atoms with Crippen LogP contribution in [0.3, 0.4) is 0 Å². The molecule has 0 aliphatic heterocycles. The number of halogens is 2. The van der Waals surface area contributed by atoms with E-state index in [2.05, 4.69) is 31.0 Å². The van der Waals surface area contributed by atoms with Gasteiger partial charge in [-0.15, -0.1) is 0 Å². The second-order valence-electron chi connectivity index (χ2n) is 5.84. The maximum atomic E-state index is 13.5. The third-order valence-electron chi connectivity index (χ3n) is 3.86. The van der Waals surface area contributed by atoms with E-state index < -0.39 is 0 Å². The lowest BCUT2D eigenvalue weighted by atomic mass is 9.97. The van der Waals surface area contributed by atoms with Gasteiger partial charge < -0.3 is 4.90 Å². The molecule has 2 aromatic rings. The number of rotatable bonds is 5. The average Bonchev–Trinajstić information content (AvgIpc) is 2.47. The highest BCUT2D eigenvalue weighted by molar-refractivity contribution is 6.30. The van der Waals surface area contributed by atoms with Crippen LogP contribution in [0.5, 0.6) is 0 Å². The minimum Gasteiger partial charge on any atom is -0.366 e. The molecule has 0 aliphatic carbocycles. The standard InChI is InChI=1S/C19H22ClFN2/c1-5-23(4)12-22-19-7-13(2)16(6-14(19)3)8-15-9-17(20)11-18(21)10-15/h6-7,9-12H,5,8H2,1-4H3. The fourth-order valence-electron chi connectivity index (χ4n) is 2.37. The second kappa shape index (κ2) is 7.60. The number of aliphatic imine (C=N–C) groups is 1. The van der Waals surface area contributed by atoms with Gasteiger partial charge in [0.15, 0.2) is 0 Å². The zero-order valence-corrected chi connectivity index (χ0v) is 14.8. The Hall–Kier alpha value is -1.87. The van der Waals surface area contributed by atoms with E-state index in [9.17, 15) is 4.39 Å². The Morgan fingerprint density at radius 1 is 1.13 bits per heavy atom. The third kappa shape index (κ3) is 4.80. The van der Waals surface area contributed by atoms with Crippen LogP contribution in [0.2, 0.25) is 5.02 Å². The Morgan fingerprint density at radius 3 is 2.52 bits per heavy atom. The first-order valence-corrected chi connectivity index (χ1v) is 8.06. The molecule has 0 atom stereocenters. The van der Waals surface area contributed by atoms with Crippen LogP contribution in [0, 0.1) is 19.7 Å². The van der Waals surface area contributed by atoms with Crippen LogP contribution in [-0.4, -0.2) is 24.8 Å². The maximum Gasteiger partial charge on any atom is 0.124 e. The molecule has 0 heterocycles. The van der Waals surface area contributed by atoms with Gasteiger partial charge in [-0.05, 0) is 73.7 Å². The summed E-state index contributed by atoms with van der Waals surface area (Å²) < 4.78 is 13.5. The van der Waals surface area contributed by atoms with Gasteiger partial charge in [0.1, 0.15) is 5.82 Å². The van der Waals surface area contributed by atoms with Crippen molar-refractivity contribution in [2.75, 3.05) is 13.6 Å². The highest BCUT2D eigenvalue weighted by atomic mass is 35.5. The molecule has 0 bridgehead atoms. The zero-order chi connectivity index (χ0) is 17.0. The molecule has 4 heteroatoms. The van der Waals surface area contributed by atoms with Crippen molar-refractivity contribution in [1.82, 2.24) is 4.90 Å². The van der Waals surface area contributed by atoms with E-state index in [1.165, 1.54) is 12.1 Å². The van der Waals surface area contributed by atoms with Crippen molar-refractivity contribution >= 4 is 23.6 Å². The van der Waals surface area contributed by atoms with Crippen molar-refractivity contribution in [2.24, 2.45) is 4.99 Å². The van der Waals surface area contributed by atoms with Crippen LogP contribution in [0.25, 0.3) is 0 Å². The van der Waals surface area contributed by atoms with Crippen LogP contribution in [-0.2, 0) is 6.42 Å². The molecule has 0 aliphatic rings. The maximum absolute atomic E-state index is 13.5. The SMILES string of the molecule is CCN(C)C=Nc1cc(C)c(Cc2cc(F)cc(Cl)c2)cc1C. The van der Waals surface area contributed by atoms with Gasteiger partial charge in [0.2, 0.25) is 0 Å². The number of hydrogen-bond acceptors (Lipinski definition) is 1. The van der Waals surface area contributed by atoms with Crippen molar-refractivity contribution in [1.29, 1.82) is 0 Å². The van der Waals surface area contributed by atoms with E-state index >= 15 is 0 Å². The Balaban J connectivity index is 2.27. The van der Waals surface area contributed by atoms with Gasteiger partial charge in [-0.3, -0.25) is 0 Å².